The van der Waals surface area contributed by atoms with Gasteiger partial charge in [0.05, 0.1) is 11.3 Å². The van der Waals surface area contributed by atoms with E-state index in [0.717, 1.165) is 36.1 Å². The Morgan fingerprint density at radius 3 is 2.81 bits per heavy atom. The van der Waals surface area contributed by atoms with Gasteiger partial charge in [0.1, 0.15) is 5.82 Å². The Morgan fingerprint density at radius 1 is 1.23 bits per heavy atom. The maximum Gasteiger partial charge on any atom is 0.257 e. The van der Waals surface area contributed by atoms with Gasteiger partial charge in [0.2, 0.25) is 5.95 Å². The molecule has 1 unspecified atom stereocenters. The van der Waals surface area contributed by atoms with Gasteiger partial charge in [-0.25, -0.2) is 15.0 Å². The second kappa shape index (κ2) is 7.57. The van der Waals surface area contributed by atoms with Crippen LogP contribution in [0, 0.1) is 0 Å². The van der Waals surface area contributed by atoms with Crippen LogP contribution in [0.5, 0.6) is 0 Å². The van der Waals surface area contributed by atoms with E-state index in [9.17, 15) is 9.59 Å². The molecule has 158 valence electrons. The summed E-state index contributed by atoms with van der Waals surface area (Å²) in [7, 11) is 1.73. The number of aromatic amines is 1. The molecule has 1 atom stereocenters. The second-order valence-electron chi connectivity index (χ2n) is 8.14. The van der Waals surface area contributed by atoms with Crippen LogP contribution in [0.2, 0.25) is 0 Å². The van der Waals surface area contributed by atoms with Gasteiger partial charge >= 0.3 is 0 Å². The van der Waals surface area contributed by atoms with Crippen LogP contribution in [0.15, 0.2) is 41.7 Å². The molecule has 3 aromatic heterocycles. The molecule has 0 aromatic carbocycles. The summed E-state index contributed by atoms with van der Waals surface area (Å²) in [6, 6.07) is 3.70. The lowest BCUT2D eigenvalue weighted by molar-refractivity contribution is 0.0632. The van der Waals surface area contributed by atoms with Crippen molar-refractivity contribution in [3.05, 3.63) is 64.1 Å². The van der Waals surface area contributed by atoms with E-state index in [0.29, 0.717) is 36.8 Å². The van der Waals surface area contributed by atoms with E-state index in [1.54, 1.807) is 31.8 Å². The number of carbonyl (C=O) groups excluding carboxylic acids is 1. The number of rotatable bonds is 3. The van der Waals surface area contributed by atoms with Crippen molar-refractivity contribution in [2.75, 3.05) is 25.5 Å². The molecule has 0 radical (unpaired) electrons. The number of hydrogen-bond donors (Lipinski definition) is 2. The van der Waals surface area contributed by atoms with Crippen molar-refractivity contribution >= 4 is 11.9 Å². The van der Waals surface area contributed by atoms with Gasteiger partial charge in [0.25, 0.3) is 11.5 Å². The van der Waals surface area contributed by atoms with Crippen LogP contribution in [-0.4, -0.2) is 55.9 Å². The third-order valence-electron chi connectivity index (χ3n) is 6.29. The first kappa shape index (κ1) is 19.3. The van der Waals surface area contributed by atoms with Gasteiger partial charge in [-0.2, -0.15) is 0 Å². The lowest BCUT2D eigenvalue weighted by Gasteiger charge is -2.40. The van der Waals surface area contributed by atoms with Gasteiger partial charge in [0, 0.05) is 61.5 Å². The molecule has 9 heteroatoms. The SMILES string of the molecule is CNc1ncc(C(=O)N2CCCC3(CCc4c3nc(-c3cccnc3)[nH]c4=O)C2)cn1. The van der Waals surface area contributed by atoms with E-state index in [4.69, 9.17) is 4.98 Å². The Bertz CT molecular complexity index is 1180. The minimum atomic E-state index is -0.305. The maximum absolute atomic E-state index is 13.1. The minimum Gasteiger partial charge on any atom is -0.357 e. The molecule has 1 amide bonds. The Morgan fingerprint density at radius 2 is 2.06 bits per heavy atom. The summed E-state index contributed by atoms with van der Waals surface area (Å²) < 4.78 is 0. The average Bonchev–Trinajstić information content (AvgIpc) is 3.17. The number of hydrogen-bond acceptors (Lipinski definition) is 7. The largest absolute Gasteiger partial charge is 0.357 e. The van der Waals surface area contributed by atoms with Gasteiger partial charge in [-0.3, -0.25) is 14.6 Å². The van der Waals surface area contributed by atoms with Gasteiger partial charge in [-0.15, -0.1) is 0 Å². The third kappa shape index (κ3) is 3.35. The number of nitrogens with one attached hydrogen (secondary N) is 2. The number of H-pyrrole nitrogens is 1. The molecule has 0 saturated carbocycles. The number of amides is 1. The highest BCUT2D eigenvalue weighted by Crippen LogP contribution is 2.43. The Labute approximate surface area is 179 Å². The number of nitrogens with zero attached hydrogens (tertiary/aromatic N) is 5. The highest BCUT2D eigenvalue weighted by atomic mass is 16.2. The molecule has 1 spiro atoms. The van der Waals surface area contributed by atoms with E-state index in [-0.39, 0.29) is 16.9 Å². The minimum absolute atomic E-state index is 0.0903. The highest BCUT2D eigenvalue weighted by Gasteiger charge is 2.45. The third-order valence-corrected chi connectivity index (χ3v) is 6.29. The van der Waals surface area contributed by atoms with Gasteiger partial charge in [-0.05, 0) is 37.8 Å². The number of fused-ring (bicyclic) bond motifs is 2. The van der Waals surface area contributed by atoms with Crippen molar-refractivity contribution in [1.29, 1.82) is 0 Å². The number of piperidine rings is 1. The quantitative estimate of drug-likeness (QED) is 0.667. The molecule has 1 aliphatic heterocycles. The maximum atomic E-state index is 13.1. The highest BCUT2D eigenvalue weighted by molar-refractivity contribution is 5.93. The fourth-order valence-electron chi connectivity index (χ4n) is 4.74. The molecular weight excluding hydrogens is 394 g/mol. The molecule has 5 rings (SSSR count). The van der Waals surface area contributed by atoms with Crippen LogP contribution >= 0.6 is 0 Å². The van der Waals surface area contributed by atoms with Crippen LogP contribution in [0.1, 0.15) is 40.9 Å². The van der Waals surface area contributed by atoms with Gasteiger partial charge in [-0.1, -0.05) is 0 Å². The predicted octanol–water partition coefficient (Wildman–Crippen LogP) is 1.78. The summed E-state index contributed by atoms with van der Waals surface area (Å²) >= 11 is 0. The smallest absolute Gasteiger partial charge is 0.257 e. The van der Waals surface area contributed by atoms with E-state index < -0.39 is 0 Å². The summed E-state index contributed by atoms with van der Waals surface area (Å²) in [6.45, 7) is 1.21. The van der Waals surface area contributed by atoms with Crippen molar-refractivity contribution in [3.63, 3.8) is 0 Å². The van der Waals surface area contributed by atoms with Gasteiger partial charge in [0.15, 0.2) is 0 Å². The monoisotopic (exact) mass is 417 g/mol. The lowest BCUT2D eigenvalue weighted by atomic mass is 9.77. The first-order valence-corrected chi connectivity index (χ1v) is 10.4. The van der Waals surface area contributed by atoms with Crippen molar-refractivity contribution in [2.24, 2.45) is 0 Å². The first-order valence-electron chi connectivity index (χ1n) is 10.4. The number of likely N-dealkylation sites (tertiary alicyclic amines) is 1. The molecule has 4 heterocycles. The Hall–Kier alpha value is -3.62. The summed E-state index contributed by atoms with van der Waals surface area (Å²) in [6.07, 6.45) is 9.73. The van der Waals surface area contributed by atoms with E-state index in [1.807, 2.05) is 17.0 Å². The number of carbonyl (C=O) groups is 1. The molecule has 1 saturated heterocycles. The summed E-state index contributed by atoms with van der Waals surface area (Å²) in [5.41, 5.74) is 2.40. The predicted molar refractivity (Wildman–Crippen MR) is 115 cm³/mol. The molecule has 2 N–H and O–H groups in total. The Balaban J connectivity index is 1.48. The number of anilines is 1. The van der Waals surface area contributed by atoms with Crippen molar-refractivity contribution in [1.82, 2.24) is 29.8 Å². The van der Waals surface area contributed by atoms with E-state index >= 15 is 0 Å². The zero-order valence-corrected chi connectivity index (χ0v) is 17.3. The van der Waals surface area contributed by atoms with Crippen molar-refractivity contribution in [2.45, 2.75) is 31.1 Å². The van der Waals surface area contributed by atoms with Crippen molar-refractivity contribution < 1.29 is 4.79 Å². The average molecular weight is 417 g/mol. The Kier molecular flexibility index (Phi) is 4.72. The van der Waals surface area contributed by atoms with Crippen LogP contribution in [-0.2, 0) is 11.8 Å². The van der Waals surface area contributed by atoms with Crippen molar-refractivity contribution in [3.8, 4) is 11.4 Å². The second-order valence-corrected chi connectivity index (χ2v) is 8.14. The molecule has 0 bridgehead atoms. The first-order chi connectivity index (χ1) is 15.1. The lowest BCUT2D eigenvalue weighted by Crippen LogP contribution is -2.48. The van der Waals surface area contributed by atoms with Gasteiger partial charge < -0.3 is 15.2 Å². The summed E-state index contributed by atoms with van der Waals surface area (Å²) in [5.74, 6) is 0.910. The molecule has 2 aliphatic rings. The number of aromatic nitrogens is 5. The normalized spacial score (nSPS) is 20.0. The van der Waals surface area contributed by atoms with Crippen LogP contribution in [0.25, 0.3) is 11.4 Å². The summed E-state index contributed by atoms with van der Waals surface area (Å²) in [5, 5.41) is 2.85. The molecule has 9 nitrogen and oxygen atoms in total. The van der Waals surface area contributed by atoms with Crippen LogP contribution < -0.4 is 10.9 Å². The fourth-order valence-corrected chi connectivity index (χ4v) is 4.74. The molecule has 1 aliphatic carbocycles. The summed E-state index contributed by atoms with van der Waals surface area (Å²) in [4.78, 5) is 48.0. The van der Waals surface area contributed by atoms with E-state index in [1.165, 1.54) is 0 Å². The zero-order chi connectivity index (χ0) is 21.4. The topological polar surface area (TPSA) is 117 Å². The molecular formula is C22H23N7O2. The van der Waals surface area contributed by atoms with Crippen LogP contribution in [0.3, 0.4) is 0 Å². The molecule has 1 fully saturated rings. The number of pyridine rings is 1. The molecule has 31 heavy (non-hydrogen) atoms. The van der Waals surface area contributed by atoms with E-state index in [2.05, 4.69) is 25.3 Å². The fraction of sp³-hybridized carbons (Fsp3) is 0.364. The van der Waals surface area contributed by atoms with Crippen LogP contribution in [0.4, 0.5) is 5.95 Å². The zero-order valence-electron chi connectivity index (χ0n) is 17.3. The molecule has 3 aromatic rings. The standard InChI is InChI=1S/C22H23N7O2/c1-23-21-25-11-15(12-26-21)20(31)29-9-3-6-22(13-29)7-5-16-17(22)27-18(28-19(16)30)14-4-2-8-24-10-14/h2,4,8,10-12H,3,5-7,9,13H2,1H3,(H,23,25,26)(H,27,28,30).